The minimum Gasteiger partial charge on any atom is -0.493 e. The van der Waals surface area contributed by atoms with Gasteiger partial charge in [-0.2, -0.15) is 8.75 Å². The lowest BCUT2D eigenvalue weighted by Gasteiger charge is -2.07. The molecule has 3 aromatic rings. The fourth-order valence-corrected chi connectivity index (χ4v) is 2.89. The molecule has 0 atom stereocenters. The molecule has 27 heavy (non-hydrogen) atoms. The predicted octanol–water partition coefficient (Wildman–Crippen LogP) is 3.29. The number of esters is 1. The van der Waals surface area contributed by atoms with Crippen LogP contribution in [0.15, 0.2) is 48.5 Å². The molecular formula is C19H17N3O4S. The van der Waals surface area contributed by atoms with Crippen LogP contribution in [0.2, 0.25) is 0 Å². The van der Waals surface area contributed by atoms with Gasteiger partial charge in [-0.15, -0.1) is 0 Å². The molecule has 0 saturated carbocycles. The number of benzene rings is 2. The number of para-hydroxylation sites is 1. The van der Waals surface area contributed by atoms with Crippen molar-refractivity contribution < 1.29 is 19.1 Å². The third-order valence-corrected chi connectivity index (χ3v) is 4.07. The lowest BCUT2D eigenvalue weighted by atomic mass is 10.2. The first-order chi connectivity index (χ1) is 13.2. The van der Waals surface area contributed by atoms with Crippen LogP contribution in [0.25, 0.3) is 17.1 Å². The second-order valence-corrected chi connectivity index (χ2v) is 5.93. The molecular weight excluding hydrogens is 366 g/mol. The van der Waals surface area contributed by atoms with Crippen molar-refractivity contribution in [2.24, 2.45) is 0 Å². The van der Waals surface area contributed by atoms with Crippen LogP contribution in [0.5, 0.6) is 5.75 Å². The van der Waals surface area contributed by atoms with E-state index in [1.807, 2.05) is 31.2 Å². The molecule has 8 heteroatoms. The summed E-state index contributed by atoms with van der Waals surface area (Å²) in [5.41, 5.74) is 2.59. The summed E-state index contributed by atoms with van der Waals surface area (Å²) in [6, 6.07) is 12.6. The summed E-state index contributed by atoms with van der Waals surface area (Å²) < 4.78 is 18.7. The molecule has 2 aromatic carbocycles. The fraction of sp³-hybridized carbons (Fsp3) is 0.158. The molecule has 1 heterocycles. The Bertz CT molecular complexity index is 984. The maximum absolute atomic E-state index is 12.0. The van der Waals surface area contributed by atoms with Crippen LogP contribution < -0.4 is 10.1 Å². The van der Waals surface area contributed by atoms with Crippen molar-refractivity contribution in [1.29, 1.82) is 0 Å². The van der Waals surface area contributed by atoms with Crippen LogP contribution in [0.1, 0.15) is 12.5 Å². The van der Waals surface area contributed by atoms with Gasteiger partial charge in [-0.1, -0.05) is 24.3 Å². The van der Waals surface area contributed by atoms with Gasteiger partial charge in [0.15, 0.2) is 6.61 Å². The van der Waals surface area contributed by atoms with E-state index >= 15 is 0 Å². The zero-order valence-electron chi connectivity index (χ0n) is 14.5. The van der Waals surface area contributed by atoms with Gasteiger partial charge in [0.05, 0.1) is 24.0 Å². The summed E-state index contributed by atoms with van der Waals surface area (Å²) >= 11 is 1.07. The lowest BCUT2D eigenvalue weighted by Crippen LogP contribution is -2.20. The van der Waals surface area contributed by atoms with Crippen LogP contribution >= 0.6 is 11.7 Å². The van der Waals surface area contributed by atoms with Gasteiger partial charge in [0.25, 0.3) is 5.91 Å². The van der Waals surface area contributed by atoms with Gasteiger partial charge in [-0.25, -0.2) is 4.79 Å². The molecule has 0 fully saturated rings. The SMILES string of the molecule is CCOc1ccccc1C=CC(=O)OCC(=O)Nc1cccc2nsnc12. The number of nitrogens with one attached hydrogen (secondary N) is 1. The molecule has 0 aliphatic carbocycles. The van der Waals surface area contributed by atoms with Crippen molar-refractivity contribution in [3.63, 3.8) is 0 Å². The summed E-state index contributed by atoms with van der Waals surface area (Å²) in [7, 11) is 0. The molecule has 138 valence electrons. The number of fused-ring (bicyclic) bond motifs is 1. The second-order valence-electron chi connectivity index (χ2n) is 5.40. The summed E-state index contributed by atoms with van der Waals surface area (Å²) in [4.78, 5) is 23.9. The second kappa shape index (κ2) is 8.91. The number of carbonyl (C=O) groups excluding carboxylic acids is 2. The van der Waals surface area contributed by atoms with Gasteiger partial charge in [0.1, 0.15) is 16.8 Å². The normalized spacial score (nSPS) is 10.9. The number of rotatable bonds is 7. The number of aromatic nitrogens is 2. The third-order valence-electron chi connectivity index (χ3n) is 3.52. The van der Waals surface area contributed by atoms with Crippen molar-refractivity contribution in [1.82, 2.24) is 8.75 Å². The van der Waals surface area contributed by atoms with Gasteiger partial charge in [-0.3, -0.25) is 4.79 Å². The van der Waals surface area contributed by atoms with Crippen molar-refractivity contribution in [3.05, 3.63) is 54.1 Å². The Morgan fingerprint density at radius 2 is 2.00 bits per heavy atom. The predicted molar refractivity (Wildman–Crippen MR) is 104 cm³/mol. The van der Waals surface area contributed by atoms with Crippen LogP contribution in [0.4, 0.5) is 5.69 Å². The van der Waals surface area contributed by atoms with E-state index in [0.717, 1.165) is 17.3 Å². The number of hydrogen-bond donors (Lipinski definition) is 1. The van der Waals surface area contributed by atoms with Gasteiger partial charge in [0.2, 0.25) is 0 Å². The number of hydrogen-bond acceptors (Lipinski definition) is 7. The third kappa shape index (κ3) is 4.89. The van der Waals surface area contributed by atoms with Crippen molar-refractivity contribution >= 4 is 46.4 Å². The van der Waals surface area contributed by atoms with E-state index in [9.17, 15) is 9.59 Å². The van der Waals surface area contributed by atoms with Gasteiger partial charge in [0, 0.05) is 11.6 Å². The average molecular weight is 383 g/mol. The highest BCUT2D eigenvalue weighted by Gasteiger charge is 2.10. The first-order valence-electron chi connectivity index (χ1n) is 8.25. The van der Waals surface area contributed by atoms with Gasteiger partial charge < -0.3 is 14.8 Å². The van der Waals surface area contributed by atoms with Crippen molar-refractivity contribution in [2.75, 3.05) is 18.5 Å². The van der Waals surface area contributed by atoms with Crippen LogP contribution in [0.3, 0.4) is 0 Å². The monoisotopic (exact) mass is 383 g/mol. The number of carbonyl (C=O) groups is 2. The van der Waals surface area contributed by atoms with E-state index < -0.39 is 18.5 Å². The average Bonchev–Trinajstić information content (AvgIpc) is 3.16. The quantitative estimate of drug-likeness (QED) is 0.497. The molecule has 1 aromatic heterocycles. The van der Waals surface area contributed by atoms with E-state index in [1.165, 1.54) is 6.08 Å². The Balaban J connectivity index is 1.54. The Morgan fingerprint density at radius 1 is 1.15 bits per heavy atom. The van der Waals surface area contributed by atoms with Gasteiger partial charge >= 0.3 is 5.97 Å². The molecule has 0 spiro atoms. The number of anilines is 1. The minimum absolute atomic E-state index is 0.399. The lowest BCUT2D eigenvalue weighted by molar-refractivity contribution is -0.142. The van der Waals surface area contributed by atoms with E-state index in [2.05, 4.69) is 14.1 Å². The summed E-state index contributed by atoms with van der Waals surface area (Å²) in [6.07, 6.45) is 2.85. The van der Waals surface area contributed by atoms with Crippen LogP contribution in [-0.4, -0.2) is 33.8 Å². The molecule has 0 aliphatic heterocycles. The molecule has 0 saturated heterocycles. The molecule has 1 N–H and O–H groups in total. The number of ether oxygens (including phenoxy) is 2. The van der Waals surface area contributed by atoms with E-state index in [4.69, 9.17) is 9.47 Å². The van der Waals surface area contributed by atoms with Gasteiger partial charge in [-0.05, 0) is 31.2 Å². The van der Waals surface area contributed by atoms with Crippen molar-refractivity contribution in [3.8, 4) is 5.75 Å². The van der Waals surface area contributed by atoms with Crippen LogP contribution in [-0.2, 0) is 14.3 Å². The Labute approximate surface area is 159 Å². The number of amides is 1. The maximum atomic E-state index is 12.0. The first-order valence-corrected chi connectivity index (χ1v) is 8.98. The van der Waals surface area contributed by atoms with E-state index in [0.29, 0.717) is 29.1 Å². The molecule has 0 bridgehead atoms. The number of nitrogens with zero attached hydrogens (tertiary/aromatic N) is 2. The summed E-state index contributed by atoms with van der Waals surface area (Å²) in [6.45, 7) is 2.01. The first kappa shape index (κ1) is 18.5. The summed E-state index contributed by atoms with van der Waals surface area (Å²) in [5, 5.41) is 2.67. The van der Waals surface area contributed by atoms with E-state index in [-0.39, 0.29) is 0 Å². The highest BCUT2D eigenvalue weighted by molar-refractivity contribution is 7.00. The minimum atomic E-state index is -0.620. The largest absolute Gasteiger partial charge is 0.493 e. The van der Waals surface area contributed by atoms with E-state index in [1.54, 1.807) is 24.3 Å². The molecule has 3 rings (SSSR count). The topological polar surface area (TPSA) is 90.4 Å². The Morgan fingerprint density at radius 3 is 2.85 bits per heavy atom. The standard InChI is InChI=1S/C19H17N3O4S/c1-2-25-16-9-4-3-6-13(16)10-11-18(24)26-12-17(23)20-14-7-5-8-15-19(14)22-27-21-15/h3-11H,2,12H2,1H3,(H,20,23). The maximum Gasteiger partial charge on any atom is 0.331 e. The van der Waals surface area contributed by atoms with Crippen molar-refractivity contribution in [2.45, 2.75) is 6.92 Å². The molecule has 0 aliphatic rings. The Kier molecular flexibility index (Phi) is 6.11. The van der Waals surface area contributed by atoms with Crippen LogP contribution in [0, 0.1) is 0 Å². The summed E-state index contributed by atoms with van der Waals surface area (Å²) in [5.74, 6) is -0.399. The highest BCUT2D eigenvalue weighted by Crippen LogP contribution is 2.21. The zero-order valence-corrected chi connectivity index (χ0v) is 15.4. The molecule has 0 unspecified atom stereocenters. The molecule has 7 nitrogen and oxygen atoms in total. The highest BCUT2D eigenvalue weighted by atomic mass is 32.1. The molecule has 1 amide bonds. The Hall–Kier alpha value is -3.26. The zero-order chi connectivity index (χ0) is 19.1. The smallest absolute Gasteiger partial charge is 0.331 e. The molecule has 0 radical (unpaired) electrons. The fourth-order valence-electron chi connectivity index (χ4n) is 2.34.